The molecule has 1 amide bonds. The van der Waals surface area contributed by atoms with Gasteiger partial charge in [0.15, 0.2) is 0 Å². The number of nitrogens with zero attached hydrogens (tertiary/aromatic N) is 1. The zero-order chi connectivity index (χ0) is 16.7. The van der Waals surface area contributed by atoms with Gasteiger partial charge in [0.25, 0.3) is 0 Å². The number of hydrogen-bond acceptors (Lipinski definition) is 2. The van der Waals surface area contributed by atoms with E-state index in [4.69, 9.17) is 0 Å². The molecule has 0 spiro atoms. The van der Waals surface area contributed by atoms with Gasteiger partial charge in [0.05, 0.1) is 0 Å². The first-order valence-electron chi connectivity index (χ1n) is 8.37. The summed E-state index contributed by atoms with van der Waals surface area (Å²) >= 11 is 0. The van der Waals surface area contributed by atoms with Crippen LogP contribution < -0.4 is 0 Å². The molecule has 0 bridgehead atoms. The summed E-state index contributed by atoms with van der Waals surface area (Å²) in [4.78, 5) is 25.7. The summed E-state index contributed by atoms with van der Waals surface area (Å²) < 4.78 is 0. The summed E-state index contributed by atoms with van der Waals surface area (Å²) in [6.07, 6.45) is 1.65. The van der Waals surface area contributed by atoms with Crippen LogP contribution in [0.5, 0.6) is 0 Å². The van der Waals surface area contributed by atoms with Gasteiger partial charge in [-0.25, -0.2) is 4.79 Å². The number of carboxylic acid groups (broad SMARTS) is 1. The number of carbonyl (C=O) groups is 2. The lowest BCUT2D eigenvalue weighted by atomic mass is 9.93. The molecule has 2 aromatic rings. The lowest BCUT2D eigenvalue weighted by Gasteiger charge is -2.23. The molecule has 1 N–H and O–H groups in total. The minimum absolute atomic E-state index is 0.0138. The van der Waals surface area contributed by atoms with Gasteiger partial charge in [-0.1, -0.05) is 48.5 Å². The molecule has 1 fully saturated rings. The normalized spacial score (nSPS) is 19.2. The first-order valence-corrected chi connectivity index (χ1v) is 8.37. The summed E-state index contributed by atoms with van der Waals surface area (Å²) in [5, 5.41) is 9.32. The van der Waals surface area contributed by atoms with Crippen LogP contribution in [-0.2, 0) is 9.59 Å². The van der Waals surface area contributed by atoms with Gasteiger partial charge in [0, 0.05) is 18.9 Å². The molecule has 0 saturated carbocycles. The molecule has 1 atom stereocenters. The second kappa shape index (κ2) is 5.78. The van der Waals surface area contributed by atoms with E-state index in [9.17, 15) is 14.7 Å². The van der Waals surface area contributed by atoms with Crippen LogP contribution in [0, 0.1) is 0 Å². The van der Waals surface area contributed by atoms with E-state index < -0.39 is 12.0 Å². The summed E-state index contributed by atoms with van der Waals surface area (Å²) in [6.45, 7) is 0.547. The third-order valence-corrected chi connectivity index (χ3v) is 5.20. The number of carboxylic acids is 1. The number of benzene rings is 2. The molecule has 0 radical (unpaired) electrons. The average molecular weight is 321 g/mol. The average Bonchev–Trinajstić information content (AvgIpc) is 3.20. The number of fused-ring (bicyclic) bond motifs is 3. The van der Waals surface area contributed by atoms with Gasteiger partial charge < -0.3 is 10.0 Å². The molecule has 0 aromatic heterocycles. The Kier molecular flexibility index (Phi) is 3.60. The highest BCUT2D eigenvalue weighted by molar-refractivity contribution is 5.87. The van der Waals surface area contributed by atoms with Crippen molar-refractivity contribution in [2.75, 3.05) is 6.54 Å². The second-order valence-electron chi connectivity index (χ2n) is 6.51. The van der Waals surface area contributed by atoms with Crippen molar-refractivity contribution in [1.29, 1.82) is 0 Å². The second-order valence-corrected chi connectivity index (χ2v) is 6.51. The monoisotopic (exact) mass is 321 g/mol. The molecule has 24 heavy (non-hydrogen) atoms. The number of carbonyl (C=O) groups excluding carboxylic acids is 1. The van der Waals surface area contributed by atoms with Crippen LogP contribution in [0.25, 0.3) is 11.1 Å². The molecule has 2 aliphatic rings. The lowest BCUT2D eigenvalue weighted by molar-refractivity contribution is -0.148. The molecule has 1 heterocycles. The van der Waals surface area contributed by atoms with E-state index in [-0.39, 0.29) is 11.8 Å². The van der Waals surface area contributed by atoms with Crippen molar-refractivity contribution in [2.45, 2.75) is 31.2 Å². The number of aliphatic carboxylic acids is 1. The molecule has 4 heteroatoms. The fourth-order valence-corrected chi connectivity index (χ4v) is 4.09. The summed E-state index contributed by atoms with van der Waals surface area (Å²) in [6, 6.07) is 15.7. The number of hydrogen-bond donors (Lipinski definition) is 1. The van der Waals surface area contributed by atoms with Crippen molar-refractivity contribution in [3.8, 4) is 11.1 Å². The Bertz CT molecular complexity index is 769. The van der Waals surface area contributed by atoms with Crippen LogP contribution >= 0.6 is 0 Å². The quantitative estimate of drug-likeness (QED) is 0.944. The van der Waals surface area contributed by atoms with E-state index in [0.717, 1.165) is 17.5 Å². The predicted octanol–water partition coefficient (Wildman–Crippen LogP) is 3.26. The highest BCUT2D eigenvalue weighted by Crippen LogP contribution is 2.46. The highest BCUT2D eigenvalue weighted by atomic mass is 16.4. The summed E-state index contributed by atoms with van der Waals surface area (Å²) in [5.41, 5.74) is 4.69. The standard InChI is InChI=1S/C20H19NO3/c22-19(21-11-5-10-18(21)20(23)24)12-17-15-8-3-1-6-13(15)14-7-2-4-9-16(14)17/h1-4,6-9,17-18H,5,10-12H2,(H,23,24). The van der Waals surface area contributed by atoms with Crippen LogP contribution in [0.2, 0.25) is 0 Å². The van der Waals surface area contributed by atoms with Crippen molar-refractivity contribution >= 4 is 11.9 Å². The van der Waals surface area contributed by atoms with Gasteiger partial charge in [0.2, 0.25) is 5.91 Å². The minimum Gasteiger partial charge on any atom is -0.480 e. The van der Waals surface area contributed by atoms with Crippen LogP contribution in [0.3, 0.4) is 0 Å². The maximum absolute atomic E-state index is 12.8. The molecule has 1 saturated heterocycles. The molecular formula is C20H19NO3. The van der Waals surface area contributed by atoms with Crippen molar-refractivity contribution in [1.82, 2.24) is 4.90 Å². The largest absolute Gasteiger partial charge is 0.480 e. The highest BCUT2D eigenvalue weighted by Gasteiger charge is 2.37. The zero-order valence-corrected chi connectivity index (χ0v) is 13.3. The summed E-state index contributed by atoms with van der Waals surface area (Å²) in [7, 11) is 0. The molecule has 2 aromatic carbocycles. The summed E-state index contributed by atoms with van der Waals surface area (Å²) in [5.74, 6) is -0.940. The van der Waals surface area contributed by atoms with Crippen LogP contribution in [0.4, 0.5) is 0 Å². The van der Waals surface area contributed by atoms with Gasteiger partial charge >= 0.3 is 5.97 Å². The van der Waals surface area contributed by atoms with E-state index in [1.54, 1.807) is 4.90 Å². The zero-order valence-electron chi connectivity index (χ0n) is 13.3. The Hall–Kier alpha value is -2.62. The van der Waals surface area contributed by atoms with Crippen molar-refractivity contribution in [2.24, 2.45) is 0 Å². The molecule has 4 rings (SSSR count). The number of rotatable bonds is 3. The Morgan fingerprint density at radius 1 is 1.00 bits per heavy atom. The third kappa shape index (κ3) is 2.30. The van der Waals surface area contributed by atoms with Crippen LogP contribution in [0.1, 0.15) is 36.3 Å². The maximum Gasteiger partial charge on any atom is 0.326 e. The van der Waals surface area contributed by atoms with Crippen molar-refractivity contribution < 1.29 is 14.7 Å². The van der Waals surface area contributed by atoms with Crippen LogP contribution in [-0.4, -0.2) is 34.5 Å². The van der Waals surface area contributed by atoms with Crippen molar-refractivity contribution in [3.63, 3.8) is 0 Å². The Labute approximate surface area is 140 Å². The van der Waals surface area contributed by atoms with Gasteiger partial charge in [-0.05, 0) is 35.1 Å². The topological polar surface area (TPSA) is 57.6 Å². The Morgan fingerprint density at radius 3 is 2.17 bits per heavy atom. The molecule has 122 valence electrons. The van der Waals surface area contributed by atoms with E-state index in [1.807, 2.05) is 24.3 Å². The SMILES string of the molecule is O=C(O)C1CCCN1C(=O)CC1c2ccccc2-c2ccccc21. The molecule has 1 aliphatic carbocycles. The fraction of sp³-hybridized carbons (Fsp3) is 0.300. The lowest BCUT2D eigenvalue weighted by Crippen LogP contribution is -2.40. The van der Waals surface area contributed by atoms with Crippen LogP contribution in [0.15, 0.2) is 48.5 Å². The minimum atomic E-state index is -0.895. The van der Waals surface area contributed by atoms with Crippen molar-refractivity contribution in [3.05, 3.63) is 59.7 Å². The van der Waals surface area contributed by atoms with E-state index in [1.165, 1.54) is 11.1 Å². The smallest absolute Gasteiger partial charge is 0.326 e. The maximum atomic E-state index is 12.8. The first-order chi connectivity index (χ1) is 11.7. The molecular weight excluding hydrogens is 302 g/mol. The number of likely N-dealkylation sites (tertiary alicyclic amines) is 1. The van der Waals surface area contributed by atoms with Gasteiger partial charge in [-0.2, -0.15) is 0 Å². The van der Waals surface area contributed by atoms with E-state index >= 15 is 0 Å². The molecule has 4 nitrogen and oxygen atoms in total. The predicted molar refractivity (Wildman–Crippen MR) is 90.7 cm³/mol. The Morgan fingerprint density at radius 2 is 1.58 bits per heavy atom. The fourth-order valence-electron chi connectivity index (χ4n) is 4.09. The third-order valence-electron chi connectivity index (χ3n) is 5.20. The van der Waals surface area contributed by atoms with Gasteiger partial charge in [-0.15, -0.1) is 0 Å². The first kappa shape index (κ1) is 14.9. The Balaban J connectivity index is 1.65. The van der Waals surface area contributed by atoms with Gasteiger partial charge in [-0.3, -0.25) is 4.79 Å². The molecule has 1 aliphatic heterocycles. The van der Waals surface area contributed by atoms with E-state index in [2.05, 4.69) is 24.3 Å². The van der Waals surface area contributed by atoms with E-state index in [0.29, 0.717) is 19.4 Å². The number of amides is 1. The molecule has 1 unspecified atom stereocenters. The van der Waals surface area contributed by atoms with Gasteiger partial charge in [0.1, 0.15) is 6.04 Å².